The van der Waals surface area contributed by atoms with Crippen molar-refractivity contribution in [3.8, 4) is 0 Å². The molecule has 0 aromatic carbocycles. The third-order valence-corrected chi connectivity index (χ3v) is 5.21. The highest BCUT2D eigenvalue weighted by atomic mass is 32.2. The smallest absolute Gasteiger partial charge is 0.247 e. The summed E-state index contributed by atoms with van der Waals surface area (Å²) in [5.74, 6) is -28.8. The SMILES string of the molecule is CNS(=O)(=O)C1(F)C(F)(F)C(F)(F)C(F)(CF)C(F)(F)C1(F)F. The van der Waals surface area contributed by atoms with Crippen molar-refractivity contribution in [3.63, 3.8) is 0 Å². The zero-order valence-electron chi connectivity index (χ0n) is 10.6. The molecule has 0 heterocycles. The number of halogens is 11. The van der Waals surface area contributed by atoms with Gasteiger partial charge in [0.15, 0.2) is 0 Å². The Morgan fingerprint density at radius 3 is 1.26 bits per heavy atom. The molecule has 3 nitrogen and oxygen atoms in total. The number of alkyl halides is 11. The van der Waals surface area contributed by atoms with Crippen LogP contribution in [0, 0.1) is 0 Å². The Kier molecular flexibility index (Phi) is 4.04. The van der Waals surface area contributed by atoms with E-state index < -0.39 is 51.1 Å². The second-order valence-corrected chi connectivity index (χ2v) is 6.51. The van der Waals surface area contributed by atoms with Gasteiger partial charge >= 0.3 is 28.7 Å². The molecule has 0 unspecified atom stereocenters. The van der Waals surface area contributed by atoms with Gasteiger partial charge in [0.25, 0.3) is 15.7 Å². The summed E-state index contributed by atoms with van der Waals surface area (Å²) in [5.41, 5.74) is -6.56. The molecular weight excluding hydrogens is 383 g/mol. The van der Waals surface area contributed by atoms with Crippen LogP contribution in [-0.4, -0.2) is 56.5 Å². The Hall–Kier alpha value is -0.860. The third-order valence-electron chi connectivity index (χ3n) is 3.41. The maximum atomic E-state index is 14.0. The van der Waals surface area contributed by atoms with Crippen molar-refractivity contribution >= 4 is 10.0 Å². The first-order valence-electron chi connectivity index (χ1n) is 5.25. The summed E-state index contributed by atoms with van der Waals surface area (Å²) in [6.07, 6.45) is 0. The molecule has 1 saturated carbocycles. The van der Waals surface area contributed by atoms with Gasteiger partial charge in [-0.25, -0.2) is 26.3 Å². The normalized spacial score (nSPS) is 38.3. The highest BCUT2D eigenvalue weighted by Gasteiger charge is 3.02. The van der Waals surface area contributed by atoms with Crippen LogP contribution in [0.4, 0.5) is 48.3 Å². The molecule has 0 radical (unpaired) electrons. The average Bonchev–Trinajstić information content (AvgIpc) is 2.42. The van der Waals surface area contributed by atoms with Gasteiger partial charge in [-0.15, -0.1) is 0 Å². The minimum atomic E-state index is -7.26. The summed E-state index contributed by atoms with van der Waals surface area (Å²) in [4.78, 5) is 0. The van der Waals surface area contributed by atoms with E-state index in [1.165, 1.54) is 0 Å². The van der Waals surface area contributed by atoms with Crippen LogP contribution in [0.15, 0.2) is 0 Å². The molecule has 138 valence electrons. The van der Waals surface area contributed by atoms with E-state index in [-0.39, 0.29) is 7.05 Å². The quantitative estimate of drug-likeness (QED) is 0.754. The molecule has 0 spiro atoms. The molecular formula is C8H6F11NO2S. The molecule has 1 fully saturated rings. The average molecular weight is 389 g/mol. The predicted octanol–water partition coefficient (Wildman–Crippen LogP) is 2.43. The topological polar surface area (TPSA) is 46.2 Å². The summed E-state index contributed by atoms with van der Waals surface area (Å²) in [7, 11) is -6.92. The van der Waals surface area contributed by atoms with Crippen LogP contribution in [-0.2, 0) is 10.0 Å². The summed E-state index contributed by atoms with van der Waals surface area (Å²) in [6, 6.07) is 0. The van der Waals surface area contributed by atoms with E-state index in [4.69, 9.17) is 0 Å². The predicted molar refractivity (Wildman–Crippen MR) is 51.4 cm³/mol. The largest absolute Gasteiger partial charge is 0.369 e. The zero-order chi connectivity index (χ0) is 18.9. The maximum absolute atomic E-state index is 14.0. The van der Waals surface area contributed by atoms with Gasteiger partial charge in [0, 0.05) is 0 Å². The van der Waals surface area contributed by atoms with E-state index in [0.29, 0.717) is 4.72 Å². The summed E-state index contributed by atoms with van der Waals surface area (Å²) in [6.45, 7) is -3.77. The monoisotopic (exact) mass is 389 g/mol. The molecule has 0 aliphatic heterocycles. The lowest BCUT2D eigenvalue weighted by molar-refractivity contribution is -0.444. The van der Waals surface area contributed by atoms with Gasteiger partial charge in [0.05, 0.1) is 0 Å². The van der Waals surface area contributed by atoms with Crippen molar-refractivity contribution in [3.05, 3.63) is 0 Å². The molecule has 0 aromatic heterocycles. The Bertz CT molecular complexity index is 573. The fourth-order valence-corrected chi connectivity index (χ4v) is 3.15. The molecule has 23 heavy (non-hydrogen) atoms. The molecule has 0 aromatic rings. The second kappa shape index (κ2) is 4.61. The number of nitrogens with one attached hydrogen (secondary N) is 1. The Balaban J connectivity index is 4.06. The number of hydrogen-bond donors (Lipinski definition) is 1. The van der Waals surface area contributed by atoms with Crippen LogP contribution in [0.5, 0.6) is 0 Å². The van der Waals surface area contributed by atoms with Crippen LogP contribution < -0.4 is 4.72 Å². The van der Waals surface area contributed by atoms with Crippen LogP contribution in [0.25, 0.3) is 0 Å². The van der Waals surface area contributed by atoms with E-state index in [1.54, 1.807) is 0 Å². The van der Waals surface area contributed by atoms with Gasteiger partial charge in [-0.1, -0.05) is 0 Å². The van der Waals surface area contributed by atoms with Gasteiger partial charge < -0.3 is 0 Å². The van der Waals surface area contributed by atoms with E-state index in [2.05, 4.69) is 0 Å². The number of rotatable bonds is 3. The van der Waals surface area contributed by atoms with Gasteiger partial charge in [0.1, 0.15) is 6.67 Å². The Morgan fingerprint density at radius 1 is 0.739 bits per heavy atom. The van der Waals surface area contributed by atoms with Gasteiger partial charge in [-0.3, -0.25) is 0 Å². The van der Waals surface area contributed by atoms with E-state index >= 15 is 0 Å². The van der Waals surface area contributed by atoms with Gasteiger partial charge in [-0.2, -0.15) is 35.1 Å². The summed E-state index contributed by atoms with van der Waals surface area (Å²) in [5, 5.41) is -6.97. The minimum absolute atomic E-state index is 0.0223. The Labute approximate surface area is 120 Å². The van der Waals surface area contributed by atoms with Gasteiger partial charge in [-0.05, 0) is 7.05 Å². The molecule has 0 saturated heterocycles. The molecule has 0 bridgehead atoms. The molecule has 1 aliphatic carbocycles. The minimum Gasteiger partial charge on any atom is -0.247 e. The first kappa shape index (κ1) is 20.2. The van der Waals surface area contributed by atoms with Crippen LogP contribution >= 0.6 is 0 Å². The second-order valence-electron chi connectivity index (χ2n) is 4.54. The maximum Gasteiger partial charge on any atom is 0.369 e. The molecule has 0 amide bonds. The standard InChI is InChI=1S/C8H6F11NO2S/c1-20-23(21,22)8(19)6(15,16)4(11,12)3(10,2-9)5(13,14)7(8,17)18/h20H,2H2,1H3. The van der Waals surface area contributed by atoms with E-state index in [9.17, 15) is 56.7 Å². The fraction of sp³-hybridized carbons (Fsp3) is 1.00. The third kappa shape index (κ3) is 1.67. The van der Waals surface area contributed by atoms with Crippen LogP contribution in [0.3, 0.4) is 0 Å². The van der Waals surface area contributed by atoms with Crippen molar-refractivity contribution in [1.29, 1.82) is 0 Å². The fourth-order valence-electron chi connectivity index (χ4n) is 1.94. The summed E-state index contributed by atoms with van der Waals surface area (Å²) >= 11 is 0. The lowest BCUT2D eigenvalue weighted by Crippen LogP contribution is -2.87. The van der Waals surface area contributed by atoms with Crippen molar-refractivity contribution < 1.29 is 56.7 Å². The van der Waals surface area contributed by atoms with Gasteiger partial charge in [0.2, 0.25) is 0 Å². The van der Waals surface area contributed by atoms with Crippen molar-refractivity contribution in [2.75, 3.05) is 13.7 Å². The van der Waals surface area contributed by atoms with Crippen molar-refractivity contribution in [2.24, 2.45) is 0 Å². The molecule has 0 atom stereocenters. The molecule has 1 N–H and O–H groups in total. The van der Waals surface area contributed by atoms with Crippen molar-refractivity contribution in [1.82, 2.24) is 4.72 Å². The molecule has 15 heteroatoms. The molecule has 1 rings (SSSR count). The van der Waals surface area contributed by atoms with E-state index in [0.717, 1.165) is 0 Å². The number of hydrogen-bond acceptors (Lipinski definition) is 2. The zero-order valence-corrected chi connectivity index (χ0v) is 11.4. The van der Waals surface area contributed by atoms with Crippen LogP contribution in [0.1, 0.15) is 0 Å². The number of sulfonamides is 1. The highest BCUT2D eigenvalue weighted by Crippen LogP contribution is 2.70. The first-order valence-corrected chi connectivity index (χ1v) is 6.74. The highest BCUT2D eigenvalue weighted by molar-refractivity contribution is 7.90. The lowest BCUT2D eigenvalue weighted by Gasteiger charge is -2.53. The van der Waals surface area contributed by atoms with E-state index in [1.807, 2.05) is 0 Å². The Morgan fingerprint density at radius 2 is 1.04 bits per heavy atom. The lowest BCUT2D eigenvalue weighted by atomic mass is 9.73. The van der Waals surface area contributed by atoms with Crippen LogP contribution in [0.2, 0.25) is 0 Å². The molecule has 1 aliphatic rings. The van der Waals surface area contributed by atoms with Crippen molar-refractivity contribution in [2.45, 2.75) is 34.4 Å². The summed E-state index contributed by atoms with van der Waals surface area (Å²) < 4.78 is 169. The first-order chi connectivity index (χ1) is 9.87.